The van der Waals surface area contributed by atoms with E-state index in [0.29, 0.717) is 5.69 Å². The first-order valence-electron chi connectivity index (χ1n) is 9.09. The van der Waals surface area contributed by atoms with Gasteiger partial charge in [-0.1, -0.05) is 12.1 Å². The van der Waals surface area contributed by atoms with Crippen LogP contribution < -0.4 is 16.0 Å². The van der Waals surface area contributed by atoms with Gasteiger partial charge in [-0.05, 0) is 83.3 Å². The van der Waals surface area contributed by atoms with Crippen LogP contribution in [0.4, 0.5) is 30.2 Å². The molecule has 0 radical (unpaired) electrons. The van der Waals surface area contributed by atoms with Crippen LogP contribution in [0.1, 0.15) is 15.9 Å². The summed E-state index contributed by atoms with van der Waals surface area (Å²) < 4.78 is 39.6. The van der Waals surface area contributed by atoms with Gasteiger partial charge in [-0.3, -0.25) is 9.59 Å². The molecule has 160 valence electrons. The van der Waals surface area contributed by atoms with Gasteiger partial charge in [0, 0.05) is 26.2 Å². The maximum atomic E-state index is 12.8. The number of benzene rings is 3. The number of halogens is 4. The van der Waals surface area contributed by atoms with Gasteiger partial charge in [0.05, 0.1) is 12.1 Å². The van der Waals surface area contributed by atoms with Crippen LogP contribution in [-0.2, 0) is 11.0 Å². The van der Waals surface area contributed by atoms with Gasteiger partial charge in [-0.2, -0.15) is 13.2 Å². The van der Waals surface area contributed by atoms with E-state index in [1.807, 2.05) is 24.3 Å². The van der Waals surface area contributed by atoms with Gasteiger partial charge in [-0.25, -0.2) is 0 Å². The van der Waals surface area contributed by atoms with Crippen molar-refractivity contribution in [3.8, 4) is 0 Å². The highest BCUT2D eigenvalue weighted by Gasteiger charge is 2.30. The maximum absolute atomic E-state index is 12.8. The second-order valence-corrected chi connectivity index (χ2v) is 7.77. The molecule has 3 aromatic carbocycles. The van der Waals surface area contributed by atoms with Crippen molar-refractivity contribution in [2.24, 2.45) is 0 Å². The molecule has 0 spiro atoms. The zero-order valence-corrected chi connectivity index (χ0v) is 18.1. The number of anilines is 3. The fourth-order valence-electron chi connectivity index (χ4n) is 2.67. The van der Waals surface area contributed by atoms with Crippen molar-refractivity contribution in [3.05, 3.63) is 87.5 Å². The van der Waals surface area contributed by atoms with Crippen molar-refractivity contribution in [1.82, 2.24) is 0 Å². The molecule has 3 N–H and O–H groups in total. The van der Waals surface area contributed by atoms with E-state index in [-0.39, 0.29) is 23.7 Å². The molecule has 0 saturated heterocycles. The Balaban J connectivity index is 1.61. The first kappa shape index (κ1) is 22.6. The van der Waals surface area contributed by atoms with Gasteiger partial charge in [0.2, 0.25) is 5.91 Å². The predicted octanol–water partition coefficient (Wildman–Crippen LogP) is 5.61. The minimum Gasteiger partial charge on any atom is -0.376 e. The lowest BCUT2D eigenvalue weighted by molar-refractivity contribution is -0.137. The molecule has 0 aliphatic heterocycles. The van der Waals surface area contributed by atoms with Crippen molar-refractivity contribution >= 4 is 51.5 Å². The summed E-state index contributed by atoms with van der Waals surface area (Å²) in [4.78, 5) is 24.6. The van der Waals surface area contributed by atoms with E-state index in [9.17, 15) is 22.8 Å². The number of carbonyl (C=O) groups is 2. The molecular formula is C22H17F3IN3O2. The Morgan fingerprint density at radius 2 is 1.45 bits per heavy atom. The first-order valence-corrected chi connectivity index (χ1v) is 10.2. The van der Waals surface area contributed by atoms with Gasteiger partial charge in [0.15, 0.2) is 0 Å². The number of hydrogen-bond acceptors (Lipinski definition) is 3. The summed E-state index contributed by atoms with van der Waals surface area (Å²) in [7, 11) is 0. The molecule has 0 heterocycles. The number of alkyl halides is 3. The Bertz CT molecular complexity index is 1090. The Morgan fingerprint density at radius 1 is 0.806 bits per heavy atom. The SMILES string of the molecule is O=C(CNc1ccc(I)cc1)Nc1cccc(C(=O)Nc2cccc(C(F)(F)F)c2)c1. The average Bonchev–Trinajstić information content (AvgIpc) is 2.73. The molecule has 0 aromatic heterocycles. The van der Waals surface area contributed by atoms with Gasteiger partial charge >= 0.3 is 6.18 Å². The number of carbonyl (C=O) groups excluding carboxylic acids is 2. The fourth-order valence-corrected chi connectivity index (χ4v) is 3.03. The minimum absolute atomic E-state index is 0.0241. The molecule has 9 heteroatoms. The zero-order chi connectivity index (χ0) is 22.4. The van der Waals surface area contributed by atoms with Crippen molar-refractivity contribution in [3.63, 3.8) is 0 Å². The standard InChI is InChI=1S/C22H17F3IN3O2/c23-22(24,25)15-4-2-6-19(12-15)29-21(31)14-3-1-5-18(11-14)28-20(30)13-27-17-9-7-16(26)8-10-17/h1-12,27H,13H2,(H,28,30)(H,29,31). The van der Waals surface area contributed by atoms with Crippen molar-refractivity contribution in [2.45, 2.75) is 6.18 Å². The molecule has 0 fully saturated rings. The Kier molecular flexibility index (Phi) is 7.16. The van der Waals surface area contributed by atoms with E-state index in [1.54, 1.807) is 12.1 Å². The van der Waals surface area contributed by atoms with Crippen molar-refractivity contribution < 1.29 is 22.8 Å². The third-order valence-electron chi connectivity index (χ3n) is 4.15. The summed E-state index contributed by atoms with van der Waals surface area (Å²) in [5.74, 6) is -0.901. The van der Waals surface area contributed by atoms with E-state index in [2.05, 4.69) is 38.5 Å². The highest BCUT2D eigenvalue weighted by Crippen LogP contribution is 2.30. The largest absolute Gasteiger partial charge is 0.416 e. The maximum Gasteiger partial charge on any atom is 0.416 e. The minimum atomic E-state index is -4.50. The lowest BCUT2D eigenvalue weighted by atomic mass is 10.1. The third-order valence-corrected chi connectivity index (χ3v) is 4.87. The molecule has 0 saturated carbocycles. The lowest BCUT2D eigenvalue weighted by Gasteiger charge is -2.11. The van der Waals surface area contributed by atoms with Gasteiger partial charge < -0.3 is 16.0 Å². The summed E-state index contributed by atoms with van der Waals surface area (Å²) in [5.41, 5.74) is 0.555. The molecule has 0 aliphatic carbocycles. The van der Waals surface area contributed by atoms with Crippen LogP contribution in [0.15, 0.2) is 72.8 Å². The molecule has 5 nitrogen and oxygen atoms in total. The summed E-state index contributed by atoms with van der Waals surface area (Å²) in [6.07, 6.45) is -4.50. The summed E-state index contributed by atoms with van der Waals surface area (Å²) >= 11 is 2.18. The normalized spacial score (nSPS) is 11.0. The topological polar surface area (TPSA) is 70.2 Å². The molecule has 0 atom stereocenters. The molecule has 0 unspecified atom stereocenters. The molecule has 2 amide bonds. The van der Waals surface area contributed by atoms with Crippen LogP contribution in [0, 0.1) is 3.57 Å². The highest BCUT2D eigenvalue weighted by molar-refractivity contribution is 14.1. The Labute approximate surface area is 190 Å². The van der Waals surface area contributed by atoms with E-state index in [4.69, 9.17) is 0 Å². The third kappa shape index (κ3) is 6.71. The van der Waals surface area contributed by atoms with Gasteiger partial charge in [0.25, 0.3) is 5.91 Å². The zero-order valence-electron chi connectivity index (χ0n) is 16.0. The molecule has 3 rings (SSSR count). The number of nitrogens with one attached hydrogen (secondary N) is 3. The average molecular weight is 539 g/mol. The first-order chi connectivity index (χ1) is 14.7. The molecule has 0 aliphatic rings. The monoisotopic (exact) mass is 539 g/mol. The van der Waals surface area contributed by atoms with E-state index in [0.717, 1.165) is 21.4 Å². The summed E-state index contributed by atoms with van der Waals surface area (Å²) in [5, 5.41) is 8.11. The van der Waals surface area contributed by atoms with E-state index >= 15 is 0 Å². The quantitative estimate of drug-likeness (QED) is 0.357. The smallest absolute Gasteiger partial charge is 0.376 e. The van der Waals surface area contributed by atoms with Crippen LogP contribution in [0.3, 0.4) is 0 Å². The summed E-state index contributed by atoms with van der Waals surface area (Å²) in [6, 6.07) is 18.0. The van der Waals surface area contributed by atoms with Crippen LogP contribution >= 0.6 is 22.6 Å². The van der Waals surface area contributed by atoms with Crippen molar-refractivity contribution in [2.75, 3.05) is 22.5 Å². The van der Waals surface area contributed by atoms with E-state index in [1.165, 1.54) is 24.3 Å². The molecule has 3 aromatic rings. The van der Waals surface area contributed by atoms with Gasteiger partial charge in [0.1, 0.15) is 0 Å². The predicted molar refractivity (Wildman–Crippen MR) is 122 cm³/mol. The second-order valence-electron chi connectivity index (χ2n) is 6.52. The molecule has 0 bridgehead atoms. The number of rotatable bonds is 6. The second kappa shape index (κ2) is 9.82. The Hall–Kier alpha value is -3.08. The number of amides is 2. The van der Waals surface area contributed by atoms with Crippen LogP contribution in [0.2, 0.25) is 0 Å². The molecule has 31 heavy (non-hydrogen) atoms. The molecular weight excluding hydrogens is 522 g/mol. The fraction of sp³-hybridized carbons (Fsp3) is 0.0909. The van der Waals surface area contributed by atoms with Crippen LogP contribution in [0.5, 0.6) is 0 Å². The summed E-state index contributed by atoms with van der Waals surface area (Å²) in [6.45, 7) is 0.0290. The van der Waals surface area contributed by atoms with Crippen LogP contribution in [-0.4, -0.2) is 18.4 Å². The Morgan fingerprint density at radius 3 is 2.13 bits per heavy atom. The lowest BCUT2D eigenvalue weighted by Crippen LogP contribution is -2.22. The van der Waals surface area contributed by atoms with Crippen LogP contribution in [0.25, 0.3) is 0 Å². The number of hydrogen-bond donors (Lipinski definition) is 3. The van der Waals surface area contributed by atoms with Gasteiger partial charge in [-0.15, -0.1) is 0 Å². The van der Waals surface area contributed by atoms with Crippen molar-refractivity contribution in [1.29, 1.82) is 0 Å². The highest BCUT2D eigenvalue weighted by atomic mass is 127. The van der Waals surface area contributed by atoms with E-state index < -0.39 is 17.6 Å².